The van der Waals surface area contributed by atoms with E-state index in [2.05, 4.69) is 0 Å². The summed E-state index contributed by atoms with van der Waals surface area (Å²) in [5, 5.41) is 9.80. The van der Waals surface area contributed by atoms with Crippen LogP contribution in [-0.2, 0) is 10.3 Å². The van der Waals surface area contributed by atoms with Crippen LogP contribution >= 0.6 is 0 Å². The molecule has 1 aromatic carbocycles. The van der Waals surface area contributed by atoms with E-state index >= 15 is 0 Å². The summed E-state index contributed by atoms with van der Waals surface area (Å²) in [7, 11) is 0. The molecule has 0 amide bonds. The van der Waals surface area contributed by atoms with Crippen molar-refractivity contribution in [3.8, 4) is 11.5 Å². The molecule has 1 aliphatic rings. The Balaban J connectivity index is 2.20. The third kappa shape index (κ3) is 1.74. The number of benzene rings is 1. The van der Waals surface area contributed by atoms with E-state index in [1.165, 1.54) is 0 Å². The standard InChI is InChI=1S/C9H9O3Se/c10-7-1-2-9-6(3-7)4-8(12-9)5-13-11/h1-3,8,10H,4-5H2. The predicted octanol–water partition coefficient (Wildman–Crippen LogP) is 1.16. The number of ether oxygens (including phenoxy) is 1. The van der Waals surface area contributed by atoms with Crippen molar-refractivity contribution in [2.24, 2.45) is 0 Å². The first-order valence-corrected chi connectivity index (χ1v) is 5.94. The van der Waals surface area contributed by atoms with E-state index in [4.69, 9.17) is 4.74 Å². The van der Waals surface area contributed by atoms with E-state index in [1.807, 2.05) is 0 Å². The van der Waals surface area contributed by atoms with Crippen molar-refractivity contribution in [2.75, 3.05) is 0 Å². The second-order valence-electron chi connectivity index (χ2n) is 3.02. The third-order valence-corrected chi connectivity index (χ3v) is 3.10. The summed E-state index contributed by atoms with van der Waals surface area (Å²) in [6.07, 6.45) is 0.794. The summed E-state index contributed by atoms with van der Waals surface area (Å²) in [6.45, 7) is 0. The first kappa shape index (κ1) is 8.73. The number of fused-ring (bicyclic) bond motifs is 1. The number of phenolic OH excluding ortho intramolecular Hbond substituents is 1. The van der Waals surface area contributed by atoms with Gasteiger partial charge in [-0.15, -0.1) is 0 Å². The molecule has 0 aromatic heterocycles. The molecule has 1 radical (unpaired) electrons. The predicted molar refractivity (Wildman–Crippen MR) is 47.5 cm³/mol. The molecule has 1 N–H and O–H groups in total. The van der Waals surface area contributed by atoms with Gasteiger partial charge in [-0.25, -0.2) is 0 Å². The molecule has 2 rings (SSSR count). The Hall–Kier alpha value is -0.861. The zero-order valence-corrected chi connectivity index (χ0v) is 8.61. The number of rotatable bonds is 2. The molecule has 69 valence electrons. The van der Waals surface area contributed by atoms with Crippen molar-refractivity contribution < 1.29 is 13.7 Å². The van der Waals surface area contributed by atoms with Gasteiger partial charge in [-0.1, -0.05) is 0 Å². The fourth-order valence-corrected chi connectivity index (χ4v) is 2.18. The number of phenols is 1. The van der Waals surface area contributed by atoms with Crippen molar-refractivity contribution in [3.05, 3.63) is 23.8 Å². The van der Waals surface area contributed by atoms with E-state index in [0.29, 0.717) is 5.32 Å². The van der Waals surface area contributed by atoms with Crippen LogP contribution in [0.1, 0.15) is 5.56 Å². The van der Waals surface area contributed by atoms with Crippen LogP contribution in [0, 0.1) is 0 Å². The summed E-state index contributed by atoms with van der Waals surface area (Å²) in [5.41, 5.74) is 1.01. The van der Waals surface area contributed by atoms with Gasteiger partial charge in [0.1, 0.15) is 0 Å². The van der Waals surface area contributed by atoms with E-state index in [0.717, 1.165) is 17.7 Å². The van der Waals surface area contributed by atoms with E-state index < -0.39 is 14.9 Å². The Labute approximate surface area is 82.1 Å². The van der Waals surface area contributed by atoms with Gasteiger partial charge < -0.3 is 0 Å². The molecule has 1 heterocycles. The van der Waals surface area contributed by atoms with E-state index in [9.17, 15) is 8.94 Å². The number of hydrogen-bond donors (Lipinski definition) is 1. The molecule has 0 fully saturated rings. The van der Waals surface area contributed by atoms with Gasteiger partial charge in [-0.2, -0.15) is 0 Å². The molecule has 0 spiro atoms. The zero-order chi connectivity index (χ0) is 9.26. The van der Waals surface area contributed by atoms with Crippen LogP contribution in [0.15, 0.2) is 18.2 Å². The molecule has 3 nitrogen and oxygen atoms in total. The maximum absolute atomic E-state index is 10.4. The minimum absolute atomic E-state index is 0.0364. The van der Waals surface area contributed by atoms with E-state index in [1.54, 1.807) is 18.2 Å². The van der Waals surface area contributed by atoms with Gasteiger partial charge >= 0.3 is 81.7 Å². The first-order chi connectivity index (χ1) is 6.29. The summed E-state index contributed by atoms with van der Waals surface area (Å²) < 4.78 is 15.9. The zero-order valence-electron chi connectivity index (χ0n) is 6.90. The fraction of sp³-hybridized carbons (Fsp3) is 0.333. The first-order valence-electron chi connectivity index (χ1n) is 4.03. The quantitative estimate of drug-likeness (QED) is 0.794. The van der Waals surface area contributed by atoms with Crippen molar-refractivity contribution in [1.29, 1.82) is 0 Å². The monoisotopic (exact) mass is 245 g/mol. The Bertz CT molecular complexity index is 338. The van der Waals surface area contributed by atoms with Crippen LogP contribution in [-0.4, -0.2) is 26.1 Å². The van der Waals surface area contributed by atoms with E-state index in [-0.39, 0.29) is 11.9 Å². The Morgan fingerprint density at radius 2 is 2.46 bits per heavy atom. The summed E-state index contributed by atoms with van der Waals surface area (Å²) in [5.74, 6) is 1.07. The molecule has 0 bridgehead atoms. The van der Waals surface area contributed by atoms with Gasteiger partial charge in [0.25, 0.3) is 0 Å². The molecular formula is C9H9O3Se. The van der Waals surface area contributed by atoms with Crippen LogP contribution in [0.3, 0.4) is 0 Å². The van der Waals surface area contributed by atoms with Crippen molar-refractivity contribution in [1.82, 2.24) is 0 Å². The minimum atomic E-state index is -0.589. The fourth-order valence-electron chi connectivity index (χ4n) is 1.48. The topological polar surface area (TPSA) is 46.5 Å². The van der Waals surface area contributed by atoms with Crippen LogP contribution in [0.2, 0.25) is 5.32 Å². The van der Waals surface area contributed by atoms with Gasteiger partial charge in [0.2, 0.25) is 0 Å². The van der Waals surface area contributed by atoms with Crippen LogP contribution in [0.5, 0.6) is 11.5 Å². The molecule has 13 heavy (non-hydrogen) atoms. The SMILES string of the molecule is O=[Se]CC1Cc2cc(O)ccc2O1. The molecule has 0 saturated carbocycles. The summed E-state index contributed by atoms with van der Waals surface area (Å²) in [4.78, 5) is 0. The van der Waals surface area contributed by atoms with Gasteiger partial charge in [0.05, 0.1) is 0 Å². The van der Waals surface area contributed by atoms with Crippen LogP contribution < -0.4 is 4.74 Å². The maximum atomic E-state index is 10.4. The normalized spacial score (nSPS) is 19.2. The molecule has 1 unspecified atom stereocenters. The van der Waals surface area contributed by atoms with Gasteiger partial charge in [-0.3, -0.25) is 0 Å². The molecule has 1 aromatic rings. The van der Waals surface area contributed by atoms with Gasteiger partial charge in [-0.05, 0) is 0 Å². The average Bonchev–Trinajstić information content (AvgIpc) is 2.46. The molecule has 0 saturated heterocycles. The van der Waals surface area contributed by atoms with Gasteiger partial charge in [0.15, 0.2) is 0 Å². The van der Waals surface area contributed by atoms with Crippen molar-refractivity contribution in [3.63, 3.8) is 0 Å². The summed E-state index contributed by atoms with van der Waals surface area (Å²) in [6, 6.07) is 5.05. The number of aromatic hydroxyl groups is 1. The van der Waals surface area contributed by atoms with Crippen molar-refractivity contribution >= 4 is 14.9 Å². The summed E-state index contributed by atoms with van der Waals surface area (Å²) >= 11 is -0.589. The van der Waals surface area contributed by atoms with Crippen LogP contribution in [0.25, 0.3) is 0 Å². The number of hydrogen-bond acceptors (Lipinski definition) is 3. The Kier molecular flexibility index (Phi) is 2.34. The second kappa shape index (κ2) is 3.48. The second-order valence-corrected chi connectivity index (χ2v) is 4.21. The van der Waals surface area contributed by atoms with Gasteiger partial charge in [0, 0.05) is 0 Å². The molecular weight excluding hydrogens is 235 g/mol. The Morgan fingerprint density at radius 3 is 3.23 bits per heavy atom. The third-order valence-electron chi connectivity index (χ3n) is 2.04. The molecule has 4 heteroatoms. The van der Waals surface area contributed by atoms with Crippen molar-refractivity contribution in [2.45, 2.75) is 17.8 Å². The molecule has 0 aliphatic carbocycles. The molecule has 1 atom stereocenters. The molecule has 1 aliphatic heterocycles. The Morgan fingerprint density at radius 1 is 1.62 bits per heavy atom. The van der Waals surface area contributed by atoms with Crippen LogP contribution in [0.4, 0.5) is 0 Å². The average molecular weight is 244 g/mol.